The van der Waals surface area contributed by atoms with E-state index in [-0.39, 0.29) is 10.6 Å². The van der Waals surface area contributed by atoms with E-state index < -0.39 is 16.0 Å². The molecule has 0 atom stereocenters. The SMILES string of the molecule is CCCCCOC(=O)c1csc(Nc2ccc(S(N)(=O)=O)cc2)n1. The fraction of sp³-hybridized carbons (Fsp3) is 0.333. The monoisotopic (exact) mass is 369 g/mol. The topological polar surface area (TPSA) is 111 Å². The quantitative estimate of drug-likeness (QED) is 0.547. The molecule has 24 heavy (non-hydrogen) atoms. The van der Waals surface area contributed by atoms with Crippen molar-refractivity contribution in [3.05, 3.63) is 35.3 Å². The van der Waals surface area contributed by atoms with E-state index in [1.165, 1.54) is 23.5 Å². The summed E-state index contributed by atoms with van der Waals surface area (Å²) < 4.78 is 27.6. The molecule has 1 aromatic carbocycles. The first kappa shape index (κ1) is 18.4. The highest BCUT2D eigenvalue weighted by atomic mass is 32.2. The van der Waals surface area contributed by atoms with Crippen LogP contribution < -0.4 is 10.5 Å². The Bertz CT molecular complexity index is 785. The Labute approximate surface area is 144 Å². The zero-order chi connectivity index (χ0) is 17.6. The molecule has 0 spiro atoms. The summed E-state index contributed by atoms with van der Waals surface area (Å²) in [6, 6.07) is 5.94. The predicted octanol–water partition coefficient (Wildman–Crippen LogP) is 2.88. The van der Waals surface area contributed by atoms with Gasteiger partial charge in [-0.25, -0.2) is 23.3 Å². The number of benzene rings is 1. The molecule has 0 saturated heterocycles. The first-order chi connectivity index (χ1) is 11.4. The van der Waals surface area contributed by atoms with Crippen LogP contribution in [0.15, 0.2) is 34.5 Å². The molecule has 130 valence electrons. The summed E-state index contributed by atoms with van der Waals surface area (Å²) in [5.74, 6) is -0.444. The lowest BCUT2D eigenvalue weighted by Crippen LogP contribution is -2.11. The molecule has 0 aliphatic rings. The summed E-state index contributed by atoms with van der Waals surface area (Å²) in [6.45, 7) is 2.47. The van der Waals surface area contributed by atoms with Gasteiger partial charge in [-0.3, -0.25) is 0 Å². The van der Waals surface area contributed by atoms with Crippen molar-refractivity contribution in [3.63, 3.8) is 0 Å². The van der Waals surface area contributed by atoms with Crippen LogP contribution in [0.3, 0.4) is 0 Å². The Balaban J connectivity index is 1.95. The molecule has 0 aliphatic carbocycles. The number of primary sulfonamides is 1. The third-order valence-electron chi connectivity index (χ3n) is 3.13. The third kappa shape index (κ3) is 5.29. The Morgan fingerprint density at radius 1 is 1.29 bits per heavy atom. The van der Waals surface area contributed by atoms with Gasteiger partial charge in [0, 0.05) is 11.1 Å². The van der Waals surface area contributed by atoms with Crippen molar-refractivity contribution >= 4 is 38.1 Å². The van der Waals surface area contributed by atoms with Crippen molar-refractivity contribution in [2.75, 3.05) is 11.9 Å². The minimum Gasteiger partial charge on any atom is -0.461 e. The maximum absolute atomic E-state index is 11.8. The minimum atomic E-state index is -3.71. The van der Waals surface area contributed by atoms with Crippen LogP contribution in [0, 0.1) is 0 Å². The molecule has 0 fully saturated rings. The van der Waals surface area contributed by atoms with Gasteiger partial charge in [0.25, 0.3) is 0 Å². The molecule has 2 aromatic rings. The first-order valence-corrected chi connectivity index (χ1v) is 9.85. The second-order valence-electron chi connectivity index (χ2n) is 5.08. The van der Waals surface area contributed by atoms with Gasteiger partial charge in [0.2, 0.25) is 10.0 Å². The molecular weight excluding hydrogens is 350 g/mol. The Morgan fingerprint density at radius 3 is 2.62 bits per heavy atom. The van der Waals surface area contributed by atoms with Crippen LogP contribution >= 0.6 is 11.3 Å². The second-order valence-corrected chi connectivity index (χ2v) is 7.49. The molecule has 0 unspecified atom stereocenters. The highest BCUT2D eigenvalue weighted by Gasteiger charge is 2.12. The largest absolute Gasteiger partial charge is 0.461 e. The van der Waals surface area contributed by atoms with Gasteiger partial charge in [0.05, 0.1) is 11.5 Å². The van der Waals surface area contributed by atoms with Crippen LogP contribution in [0.2, 0.25) is 0 Å². The molecule has 0 radical (unpaired) electrons. The van der Waals surface area contributed by atoms with Gasteiger partial charge in [-0.05, 0) is 30.7 Å². The number of rotatable bonds is 8. The lowest BCUT2D eigenvalue weighted by atomic mass is 10.3. The molecule has 9 heteroatoms. The number of ether oxygens (including phenoxy) is 1. The highest BCUT2D eigenvalue weighted by molar-refractivity contribution is 7.89. The summed E-state index contributed by atoms with van der Waals surface area (Å²) in [5, 5.41) is 10.2. The molecule has 0 amide bonds. The average Bonchev–Trinajstić information content (AvgIpc) is 2.99. The smallest absolute Gasteiger partial charge is 0.357 e. The molecule has 1 heterocycles. The van der Waals surface area contributed by atoms with Gasteiger partial charge in [-0.15, -0.1) is 11.3 Å². The van der Waals surface area contributed by atoms with Crippen LogP contribution in [0.1, 0.15) is 36.7 Å². The van der Waals surface area contributed by atoms with Gasteiger partial charge < -0.3 is 10.1 Å². The lowest BCUT2D eigenvalue weighted by molar-refractivity contribution is 0.0492. The van der Waals surface area contributed by atoms with Gasteiger partial charge in [0.15, 0.2) is 10.8 Å². The second kappa shape index (κ2) is 8.22. The number of hydrogen-bond acceptors (Lipinski definition) is 7. The predicted molar refractivity (Wildman–Crippen MR) is 93.0 cm³/mol. The lowest BCUT2D eigenvalue weighted by Gasteiger charge is -2.04. The Kier molecular flexibility index (Phi) is 6.29. The third-order valence-corrected chi connectivity index (χ3v) is 4.82. The van der Waals surface area contributed by atoms with Crippen LogP contribution in [-0.4, -0.2) is 26.0 Å². The van der Waals surface area contributed by atoms with Gasteiger partial charge in [-0.1, -0.05) is 19.8 Å². The number of nitrogens with one attached hydrogen (secondary N) is 1. The minimum absolute atomic E-state index is 0.0311. The van der Waals surface area contributed by atoms with E-state index in [0.717, 1.165) is 19.3 Å². The Hall–Kier alpha value is -1.97. The number of aromatic nitrogens is 1. The number of sulfonamides is 1. The summed E-state index contributed by atoms with van der Waals surface area (Å²) in [7, 11) is -3.71. The van der Waals surface area contributed by atoms with Crippen molar-refractivity contribution in [1.29, 1.82) is 0 Å². The van der Waals surface area contributed by atoms with E-state index in [2.05, 4.69) is 17.2 Å². The standard InChI is InChI=1S/C15H19N3O4S2/c1-2-3-4-9-22-14(19)13-10-23-15(18-13)17-11-5-7-12(8-6-11)24(16,20)21/h5-8,10H,2-4,9H2,1H3,(H,17,18)(H2,16,20,21). The molecular formula is C15H19N3O4S2. The number of carbonyl (C=O) groups is 1. The Morgan fingerprint density at radius 2 is 2.00 bits per heavy atom. The van der Waals surface area contributed by atoms with Crippen LogP contribution in [0.4, 0.5) is 10.8 Å². The van der Waals surface area contributed by atoms with Crippen LogP contribution in [0.5, 0.6) is 0 Å². The van der Waals surface area contributed by atoms with Crippen molar-refractivity contribution in [2.24, 2.45) is 5.14 Å². The summed E-state index contributed by atoms with van der Waals surface area (Å²) in [6.07, 6.45) is 2.92. The average molecular weight is 369 g/mol. The number of nitrogens with two attached hydrogens (primary N) is 1. The van der Waals surface area contributed by atoms with Crippen LogP contribution in [-0.2, 0) is 14.8 Å². The summed E-state index contributed by atoms with van der Waals surface area (Å²) in [5.41, 5.74) is 0.889. The molecule has 0 aliphatic heterocycles. The van der Waals surface area contributed by atoms with E-state index in [0.29, 0.717) is 17.4 Å². The fourth-order valence-electron chi connectivity index (χ4n) is 1.87. The number of esters is 1. The van der Waals surface area contributed by atoms with Crippen LogP contribution in [0.25, 0.3) is 0 Å². The number of nitrogens with zero attached hydrogens (tertiary/aromatic N) is 1. The van der Waals surface area contributed by atoms with Gasteiger partial charge in [-0.2, -0.15) is 0 Å². The van der Waals surface area contributed by atoms with Gasteiger partial charge in [0.1, 0.15) is 0 Å². The molecule has 0 saturated carbocycles. The van der Waals surface area contributed by atoms with Gasteiger partial charge >= 0.3 is 5.97 Å². The maximum Gasteiger partial charge on any atom is 0.357 e. The fourth-order valence-corrected chi connectivity index (χ4v) is 3.08. The number of carbonyl (C=O) groups excluding carboxylic acids is 1. The van der Waals surface area contributed by atoms with Crippen molar-refractivity contribution in [3.8, 4) is 0 Å². The van der Waals surface area contributed by atoms with E-state index in [9.17, 15) is 13.2 Å². The molecule has 2 rings (SSSR count). The maximum atomic E-state index is 11.8. The van der Waals surface area contributed by atoms with Crippen molar-refractivity contribution in [2.45, 2.75) is 31.1 Å². The molecule has 1 aromatic heterocycles. The number of hydrogen-bond donors (Lipinski definition) is 2. The zero-order valence-corrected chi connectivity index (χ0v) is 14.8. The normalized spacial score (nSPS) is 11.2. The summed E-state index contributed by atoms with van der Waals surface area (Å²) >= 11 is 1.26. The molecule has 0 bridgehead atoms. The van der Waals surface area contributed by atoms with Crippen molar-refractivity contribution < 1.29 is 17.9 Å². The molecule has 7 nitrogen and oxygen atoms in total. The number of thiazole rings is 1. The number of anilines is 2. The zero-order valence-electron chi connectivity index (χ0n) is 13.2. The number of unbranched alkanes of at least 4 members (excludes halogenated alkanes) is 2. The first-order valence-electron chi connectivity index (χ1n) is 7.42. The van der Waals surface area contributed by atoms with E-state index >= 15 is 0 Å². The van der Waals surface area contributed by atoms with E-state index in [1.807, 2.05) is 0 Å². The molecule has 3 N–H and O–H groups in total. The van der Waals surface area contributed by atoms with E-state index in [1.54, 1.807) is 17.5 Å². The summed E-state index contributed by atoms with van der Waals surface area (Å²) in [4.78, 5) is 16.0. The van der Waals surface area contributed by atoms with Crippen molar-refractivity contribution in [1.82, 2.24) is 4.98 Å². The highest BCUT2D eigenvalue weighted by Crippen LogP contribution is 2.22. The van der Waals surface area contributed by atoms with E-state index in [4.69, 9.17) is 9.88 Å².